The van der Waals surface area contributed by atoms with Gasteiger partial charge in [0.2, 0.25) is 5.88 Å². The van der Waals surface area contributed by atoms with Gasteiger partial charge in [-0.3, -0.25) is 0 Å². The second-order valence-corrected chi connectivity index (χ2v) is 3.21. The molecule has 2 aromatic rings. The number of rotatable bonds is 3. The van der Waals surface area contributed by atoms with Crippen molar-refractivity contribution in [1.82, 2.24) is 4.98 Å². The summed E-state index contributed by atoms with van der Waals surface area (Å²) in [6.45, 7) is 0.104. The van der Waals surface area contributed by atoms with E-state index in [0.717, 1.165) is 10.9 Å². The third kappa shape index (κ3) is 1.95. The third-order valence-electron chi connectivity index (χ3n) is 2.15. The highest BCUT2D eigenvalue weighted by Crippen LogP contribution is 2.21. The highest BCUT2D eigenvalue weighted by atomic mass is 16.5. The fourth-order valence-electron chi connectivity index (χ4n) is 1.47. The number of aromatic nitrogens is 1. The zero-order valence-electron chi connectivity index (χ0n) is 8.55. The summed E-state index contributed by atoms with van der Waals surface area (Å²) in [5.41, 5.74) is 1.24. The quantitative estimate of drug-likeness (QED) is 0.840. The van der Waals surface area contributed by atoms with Crippen LogP contribution < -0.4 is 4.74 Å². The zero-order valence-corrected chi connectivity index (χ0v) is 8.55. The average Bonchev–Trinajstić information content (AvgIpc) is 2.35. The number of nitrogens with zero attached hydrogens (tertiary/aromatic N) is 2. The summed E-state index contributed by atoms with van der Waals surface area (Å²) in [6.07, 6.45) is 0. The molecule has 0 aliphatic carbocycles. The van der Waals surface area contributed by atoms with Crippen LogP contribution in [0.3, 0.4) is 0 Å². The molecule has 0 saturated heterocycles. The Bertz CT molecular complexity index is 546. The molecule has 0 radical (unpaired) electrons. The first-order chi connectivity index (χ1) is 7.85. The molecule has 0 atom stereocenters. The van der Waals surface area contributed by atoms with Gasteiger partial charge in [0.05, 0.1) is 17.7 Å². The average molecular weight is 214 g/mol. The number of ether oxygens (including phenoxy) is 1. The third-order valence-corrected chi connectivity index (χ3v) is 2.15. The normalized spacial score (nSPS) is 10.0. The molecule has 0 bridgehead atoms. The highest BCUT2D eigenvalue weighted by molar-refractivity contribution is 5.85. The summed E-state index contributed by atoms with van der Waals surface area (Å²) in [7, 11) is 0. The smallest absolute Gasteiger partial charge is 0.215 e. The molecule has 2 rings (SSSR count). The van der Waals surface area contributed by atoms with Crippen LogP contribution in [0.4, 0.5) is 0 Å². The highest BCUT2D eigenvalue weighted by Gasteiger charge is 2.05. The Balaban J connectivity index is 2.51. The minimum absolute atomic E-state index is 0.0730. The van der Waals surface area contributed by atoms with Crippen LogP contribution in [0.15, 0.2) is 30.3 Å². The maximum atomic E-state index is 9.00. The lowest BCUT2D eigenvalue weighted by Crippen LogP contribution is -2.03. The van der Waals surface area contributed by atoms with Gasteiger partial charge in [0.25, 0.3) is 0 Å². The molecule has 4 nitrogen and oxygen atoms in total. The minimum atomic E-state index is -0.0730. The Kier molecular flexibility index (Phi) is 2.99. The Morgan fingerprint density at radius 3 is 2.94 bits per heavy atom. The van der Waals surface area contributed by atoms with Crippen LogP contribution in [0, 0.1) is 11.3 Å². The van der Waals surface area contributed by atoms with Crippen LogP contribution in [-0.4, -0.2) is 23.3 Å². The molecule has 4 heteroatoms. The van der Waals surface area contributed by atoms with Crippen LogP contribution in [0.1, 0.15) is 5.56 Å². The van der Waals surface area contributed by atoms with Crippen LogP contribution in [0.5, 0.6) is 5.88 Å². The molecule has 1 aromatic carbocycles. The zero-order chi connectivity index (χ0) is 11.4. The van der Waals surface area contributed by atoms with Crippen molar-refractivity contribution in [3.8, 4) is 11.9 Å². The predicted octanol–water partition coefficient (Wildman–Crippen LogP) is 1.48. The fourth-order valence-corrected chi connectivity index (χ4v) is 1.47. The van der Waals surface area contributed by atoms with Crippen LogP contribution in [0.2, 0.25) is 0 Å². The van der Waals surface area contributed by atoms with E-state index in [0.29, 0.717) is 11.4 Å². The number of nitriles is 1. The molecule has 0 spiro atoms. The molecule has 80 valence electrons. The van der Waals surface area contributed by atoms with Crippen molar-refractivity contribution in [2.24, 2.45) is 0 Å². The first-order valence-electron chi connectivity index (χ1n) is 4.88. The molecule has 0 amide bonds. The van der Waals surface area contributed by atoms with Crippen molar-refractivity contribution >= 4 is 10.9 Å². The van der Waals surface area contributed by atoms with E-state index in [2.05, 4.69) is 11.1 Å². The molecular weight excluding hydrogens is 204 g/mol. The monoisotopic (exact) mass is 214 g/mol. The summed E-state index contributed by atoms with van der Waals surface area (Å²) >= 11 is 0. The molecule has 16 heavy (non-hydrogen) atoms. The van der Waals surface area contributed by atoms with Gasteiger partial charge in [-0.15, -0.1) is 0 Å². The van der Waals surface area contributed by atoms with Crippen molar-refractivity contribution in [2.45, 2.75) is 0 Å². The van der Waals surface area contributed by atoms with E-state index in [4.69, 9.17) is 15.1 Å². The van der Waals surface area contributed by atoms with Crippen molar-refractivity contribution < 1.29 is 9.84 Å². The molecule has 0 aliphatic heterocycles. The molecule has 1 N–H and O–H groups in total. The minimum Gasteiger partial charge on any atom is -0.475 e. The maximum Gasteiger partial charge on any atom is 0.215 e. The van der Waals surface area contributed by atoms with E-state index in [1.54, 1.807) is 6.07 Å². The first-order valence-corrected chi connectivity index (χ1v) is 4.88. The lowest BCUT2D eigenvalue weighted by atomic mass is 10.1. The van der Waals surface area contributed by atoms with E-state index in [1.807, 2.05) is 24.3 Å². The van der Waals surface area contributed by atoms with Crippen molar-refractivity contribution in [1.29, 1.82) is 5.26 Å². The summed E-state index contributed by atoms with van der Waals surface area (Å²) in [5, 5.41) is 18.5. The standard InChI is InChI=1S/C12H10N2O2/c13-8-9-7-12(16-6-5-15)14-11-4-2-1-3-10(9)11/h1-4,7,15H,5-6H2. The Morgan fingerprint density at radius 2 is 2.19 bits per heavy atom. The molecular formula is C12H10N2O2. The Labute approximate surface area is 92.7 Å². The molecule has 0 unspecified atom stereocenters. The van der Waals surface area contributed by atoms with Gasteiger partial charge in [0.1, 0.15) is 12.7 Å². The lowest BCUT2D eigenvalue weighted by Gasteiger charge is -2.05. The molecule has 0 saturated carbocycles. The first kappa shape index (κ1) is 10.4. The number of hydrogen-bond acceptors (Lipinski definition) is 4. The second-order valence-electron chi connectivity index (χ2n) is 3.21. The number of benzene rings is 1. The largest absolute Gasteiger partial charge is 0.475 e. The van der Waals surface area contributed by atoms with E-state index >= 15 is 0 Å². The van der Waals surface area contributed by atoms with Gasteiger partial charge in [-0.1, -0.05) is 18.2 Å². The van der Waals surface area contributed by atoms with Gasteiger partial charge in [-0.05, 0) is 6.07 Å². The van der Waals surface area contributed by atoms with Gasteiger partial charge < -0.3 is 9.84 Å². The van der Waals surface area contributed by atoms with Crippen molar-refractivity contribution in [3.63, 3.8) is 0 Å². The summed E-state index contributed by atoms with van der Waals surface area (Å²) in [5.74, 6) is 0.365. The second kappa shape index (κ2) is 4.60. The number of para-hydroxylation sites is 1. The van der Waals surface area contributed by atoms with E-state index in [-0.39, 0.29) is 13.2 Å². The topological polar surface area (TPSA) is 66.1 Å². The number of hydrogen-bond donors (Lipinski definition) is 1. The van der Waals surface area contributed by atoms with Crippen molar-refractivity contribution in [3.05, 3.63) is 35.9 Å². The molecule has 1 heterocycles. The molecule has 1 aromatic heterocycles. The van der Waals surface area contributed by atoms with Crippen LogP contribution in [0.25, 0.3) is 10.9 Å². The maximum absolute atomic E-state index is 9.00. The van der Waals surface area contributed by atoms with E-state index in [9.17, 15) is 0 Å². The number of aliphatic hydroxyl groups excluding tert-OH is 1. The fraction of sp³-hybridized carbons (Fsp3) is 0.167. The number of pyridine rings is 1. The van der Waals surface area contributed by atoms with E-state index in [1.165, 1.54) is 0 Å². The Hall–Kier alpha value is -2.12. The lowest BCUT2D eigenvalue weighted by molar-refractivity contribution is 0.197. The van der Waals surface area contributed by atoms with Gasteiger partial charge in [0.15, 0.2) is 0 Å². The van der Waals surface area contributed by atoms with Gasteiger partial charge in [0, 0.05) is 11.5 Å². The SMILES string of the molecule is N#Cc1cc(OCCO)nc2ccccc12. The van der Waals surface area contributed by atoms with Crippen molar-refractivity contribution in [2.75, 3.05) is 13.2 Å². The van der Waals surface area contributed by atoms with Gasteiger partial charge in [-0.2, -0.15) is 5.26 Å². The van der Waals surface area contributed by atoms with Crippen LogP contribution in [-0.2, 0) is 0 Å². The van der Waals surface area contributed by atoms with Gasteiger partial charge in [-0.25, -0.2) is 4.98 Å². The van der Waals surface area contributed by atoms with E-state index < -0.39 is 0 Å². The molecule has 0 fully saturated rings. The summed E-state index contributed by atoms with van der Waals surface area (Å²) in [4.78, 5) is 4.24. The predicted molar refractivity (Wildman–Crippen MR) is 59.0 cm³/mol. The Morgan fingerprint density at radius 1 is 1.38 bits per heavy atom. The number of fused-ring (bicyclic) bond motifs is 1. The van der Waals surface area contributed by atoms with Crippen LogP contribution >= 0.6 is 0 Å². The number of aliphatic hydroxyl groups is 1. The molecule has 0 aliphatic rings. The van der Waals surface area contributed by atoms with Gasteiger partial charge >= 0.3 is 0 Å². The summed E-state index contributed by atoms with van der Waals surface area (Å²) < 4.78 is 5.19. The summed E-state index contributed by atoms with van der Waals surface area (Å²) in [6, 6.07) is 11.1.